The van der Waals surface area contributed by atoms with Crippen LogP contribution in [0.1, 0.15) is 78.6 Å². The van der Waals surface area contributed by atoms with Crippen LogP contribution < -0.4 is 5.32 Å². The monoisotopic (exact) mass is 307 g/mol. The van der Waals surface area contributed by atoms with Crippen LogP contribution >= 0.6 is 0 Å². The molecule has 0 saturated heterocycles. The van der Waals surface area contributed by atoms with E-state index in [1.807, 2.05) is 6.08 Å². The molecule has 0 aliphatic rings. The first kappa shape index (κ1) is 20.9. The zero-order chi connectivity index (χ0) is 16.8. The Morgan fingerprint density at radius 2 is 1.86 bits per heavy atom. The van der Waals surface area contributed by atoms with Crippen LogP contribution in [0, 0.1) is 11.8 Å². The minimum absolute atomic E-state index is 0.169. The van der Waals surface area contributed by atoms with Crippen molar-refractivity contribution in [3.63, 3.8) is 0 Å². The van der Waals surface area contributed by atoms with Crippen LogP contribution in [0.25, 0.3) is 0 Å². The molecule has 0 heterocycles. The zero-order valence-corrected chi connectivity index (χ0v) is 15.1. The third-order valence-corrected chi connectivity index (χ3v) is 4.46. The Balaban J connectivity index is 3.88. The molecule has 0 bridgehead atoms. The Labute approximate surface area is 138 Å². The molecule has 0 aromatic heterocycles. The number of hydrogen-bond acceptors (Lipinski definition) is 1. The summed E-state index contributed by atoms with van der Waals surface area (Å²) in [5.41, 5.74) is 1.21. The fourth-order valence-electron chi connectivity index (χ4n) is 2.82. The maximum absolute atomic E-state index is 12.2. The number of amides is 1. The van der Waals surface area contributed by atoms with E-state index in [0.29, 0.717) is 0 Å². The van der Waals surface area contributed by atoms with Crippen molar-refractivity contribution in [1.82, 2.24) is 5.32 Å². The summed E-state index contributed by atoms with van der Waals surface area (Å²) in [5.74, 6) is 1.18. The molecule has 128 valence electrons. The van der Waals surface area contributed by atoms with Crippen molar-refractivity contribution < 1.29 is 4.79 Å². The lowest BCUT2D eigenvalue weighted by molar-refractivity contribution is -0.125. The first-order chi connectivity index (χ1) is 10.5. The van der Waals surface area contributed by atoms with Crippen molar-refractivity contribution in [2.24, 2.45) is 11.8 Å². The smallest absolute Gasteiger partial charge is 0.223 e. The molecule has 22 heavy (non-hydrogen) atoms. The fraction of sp³-hybridized carbons (Fsp3) is 0.750. The largest absolute Gasteiger partial charge is 0.356 e. The maximum Gasteiger partial charge on any atom is 0.223 e. The summed E-state index contributed by atoms with van der Waals surface area (Å²) in [4.78, 5) is 12.2. The summed E-state index contributed by atoms with van der Waals surface area (Å²) in [7, 11) is 0. The second-order valence-corrected chi connectivity index (χ2v) is 6.53. The molecule has 0 aliphatic heterocycles. The topological polar surface area (TPSA) is 29.1 Å². The van der Waals surface area contributed by atoms with Gasteiger partial charge in [0.15, 0.2) is 0 Å². The van der Waals surface area contributed by atoms with Crippen LogP contribution in [0.3, 0.4) is 0 Å². The second-order valence-electron chi connectivity index (χ2n) is 6.53. The minimum Gasteiger partial charge on any atom is -0.356 e. The second kappa shape index (κ2) is 13.6. The van der Waals surface area contributed by atoms with Crippen molar-refractivity contribution in [2.45, 2.75) is 78.6 Å². The van der Waals surface area contributed by atoms with E-state index in [9.17, 15) is 4.79 Å². The van der Waals surface area contributed by atoms with Gasteiger partial charge >= 0.3 is 0 Å². The Morgan fingerprint density at radius 1 is 1.14 bits per heavy atom. The van der Waals surface area contributed by atoms with E-state index in [1.54, 1.807) is 0 Å². The number of carbonyl (C=O) groups is 1. The van der Waals surface area contributed by atoms with Crippen LogP contribution in [0.4, 0.5) is 0 Å². The van der Waals surface area contributed by atoms with Gasteiger partial charge in [0.25, 0.3) is 0 Å². The highest BCUT2D eigenvalue weighted by Crippen LogP contribution is 2.18. The van der Waals surface area contributed by atoms with Crippen molar-refractivity contribution in [1.29, 1.82) is 0 Å². The lowest BCUT2D eigenvalue weighted by Gasteiger charge is -2.16. The highest BCUT2D eigenvalue weighted by molar-refractivity contribution is 5.78. The average Bonchev–Trinajstić information content (AvgIpc) is 2.50. The number of hydrogen-bond donors (Lipinski definition) is 1. The van der Waals surface area contributed by atoms with Gasteiger partial charge in [-0.05, 0) is 64.2 Å². The predicted molar refractivity (Wildman–Crippen MR) is 97.9 cm³/mol. The Kier molecular flexibility index (Phi) is 13.0. The highest BCUT2D eigenvalue weighted by atomic mass is 16.1. The van der Waals surface area contributed by atoms with Gasteiger partial charge in [0.1, 0.15) is 0 Å². The predicted octanol–water partition coefficient (Wildman–Crippen LogP) is 5.65. The van der Waals surface area contributed by atoms with Crippen molar-refractivity contribution in [2.75, 3.05) is 6.54 Å². The Bertz CT molecular complexity index is 322. The lowest BCUT2D eigenvalue weighted by Crippen LogP contribution is -2.31. The minimum atomic E-state index is 0.169. The van der Waals surface area contributed by atoms with Crippen LogP contribution in [0.15, 0.2) is 24.8 Å². The molecule has 0 fully saturated rings. The van der Waals surface area contributed by atoms with Gasteiger partial charge in [-0.3, -0.25) is 4.79 Å². The third kappa shape index (κ3) is 10.6. The summed E-state index contributed by atoms with van der Waals surface area (Å²) < 4.78 is 0. The van der Waals surface area contributed by atoms with E-state index in [2.05, 4.69) is 39.2 Å². The van der Waals surface area contributed by atoms with E-state index in [0.717, 1.165) is 51.0 Å². The Morgan fingerprint density at radius 3 is 2.41 bits per heavy atom. The normalized spacial score (nSPS) is 13.4. The van der Waals surface area contributed by atoms with Gasteiger partial charge < -0.3 is 5.32 Å². The van der Waals surface area contributed by atoms with Gasteiger partial charge in [-0.2, -0.15) is 0 Å². The molecule has 0 saturated carbocycles. The van der Waals surface area contributed by atoms with Crippen LogP contribution in [0.2, 0.25) is 0 Å². The van der Waals surface area contributed by atoms with E-state index in [-0.39, 0.29) is 11.8 Å². The molecular formula is C20H37NO. The quantitative estimate of drug-likeness (QED) is 0.326. The van der Waals surface area contributed by atoms with Gasteiger partial charge in [0.05, 0.1) is 0 Å². The van der Waals surface area contributed by atoms with Gasteiger partial charge in [0.2, 0.25) is 5.91 Å². The van der Waals surface area contributed by atoms with E-state index in [4.69, 9.17) is 0 Å². The molecule has 0 unspecified atom stereocenters. The van der Waals surface area contributed by atoms with E-state index in [1.165, 1.54) is 24.8 Å². The average molecular weight is 308 g/mol. The Hall–Kier alpha value is -1.05. The molecule has 1 amide bonds. The third-order valence-electron chi connectivity index (χ3n) is 4.46. The summed E-state index contributed by atoms with van der Waals surface area (Å²) in [6, 6.07) is 0. The van der Waals surface area contributed by atoms with Gasteiger partial charge in [-0.25, -0.2) is 0 Å². The molecule has 0 rings (SSSR count). The molecule has 2 atom stereocenters. The molecule has 0 spiro atoms. The summed E-state index contributed by atoms with van der Waals surface area (Å²) in [6.45, 7) is 14.9. The van der Waals surface area contributed by atoms with Crippen LogP contribution in [-0.2, 0) is 4.79 Å². The van der Waals surface area contributed by atoms with Crippen molar-refractivity contribution in [3.8, 4) is 0 Å². The number of allylic oxidation sites excluding steroid dienone is 2. The van der Waals surface area contributed by atoms with Crippen molar-refractivity contribution >= 4 is 5.91 Å². The highest BCUT2D eigenvalue weighted by Gasteiger charge is 2.15. The molecule has 2 nitrogen and oxygen atoms in total. The lowest BCUT2D eigenvalue weighted by atomic mass is 9.94. The summed E-state index contributed by atoms with van der Waals surface area (Å²) in [5, 5.41) is 3.13. The fourth-order valence-corrected chi connectivity index (χ4v) is 2.82. The first-order valence-corrected chi connectivity index (χ1v) is 9.08. The molecule has 2 heteroatoms. The summed E-state index contributed by atoms with van der Waals surface area (Å²) in [6.07, 6.45) is 11.9. The molecule has 1 N–H and O–H groups in total. The van der Waals surface area contributed by atoms with Gasteiger partial charge in [-0.15, -0.1) is 13.2 Å². The van der Waals surface area contributed by atoms with E-state index < -0.39 is 0 Å². The SMILES string of the molecule is C=CCC[C@H](CC)CCCNC(=O)[C@H](CC)CCCC(=C)C. The summed E-state index contributed by atoms with van der Waals surface area (Å²) >= 11 is 0. The molecule has 0 aromatic rings. The number of carbonyl (C=O) groups excluding carboxylic acids is 1. The van der Waals surface area contributed by atoms with Gasteiger partial charge in [-0.1, -0.05) is 31.9 Å². The number of rotatable bonds is 14. The zero-order valence-electron chi connectivity index (χ0n) is 15.1. The molecule has 0 aliphatic carbocycles. The molecule has 0 aromatic carbocycles. The first-order valence-electron chi connectivity index (χ1n) is 9.08. The van der Waals surface area contributed by atoms with Crippen LogP contribution in [-0.4, -0.2) is 12.5 Å². The molecule has 0 radical (unpaired) electrons. The van der Waals surface area contributed by atoms with Crippen molar-refractivity contribution in [3.05, 3.63) is 24.8 Å². The standard InChI is InChI=1S/C20H37NO/c1-6-9-13-18(7-2)14-11-16-21-20(22)19(8-3)15-10-12-17(4)5/h6,18-19H,1,4,7-16H2,2-3,5H3,(H,21,22)/t18-,19+/m0/s1. The molecular weight excluding hydrogens is 270 g/mol. The van der Waals surface area contributed by atoms with Gasteiger partial charge in [0, 0.05) is 12.5 Å². The van der Waals surface area contributed by atoms with E-state index >= 15 is 0 Å². The maximum atomic E-state index is 12.2. The van der Waals surface area contributed by atoms with Crippen LogP contribution in [0.5, 0.6) is 0 Å². The number of nitrogens with one attached hydrogen (secondary N) is 1.